The Hall–Kier alpha value is -2.57. The van der Waals surface area contributed by atoms with E-state index in [1.807, 2.05) is 13.0 Å². The Labute approximate surface area is 183 Å². The fourth-order valence-corrected chi connectivity index (χ4v) is 6.61. The standard InChI is InChI=1S/C25H28N2O3S/c1-16-3-7-19(8-4-16)31(29,30)27-26-24-12-11-23-22-9-5-17-15-18(28)6-10-20(17)21(22)13-14-25(23,24)2/h3-10,12,15,21-23,26-28H,11,13-14H2,1-2H3/t21-,22-,23+,25+/m1/s1. The normalized spacial score (nSPS) is 29.0. The van der Waals surface area contributed by atoms with E-state index in [9.17, 15) is 13.5 Å². The molecule has 5 rings (SSSR count). The Balaban J connectivity index is 1.34. The Bertz CT molecular complexity index is 1180. The molecule has 1 fully saturated rings. The largest absolute Gasteiger partial charge is 0.508 e. The summed E-state index contributed by atoms with van der Waals surface area (Å²) < 4.78 is 25.4. The van der Waals surface area contributed by atoms with Gasteiger partial charge in [0, 0.05) is 11.1 Å². The van der Waals surface area contributed by atoms with Gasteiger partial charge >= 0.3 is 0 Å². The van der Waals surface area contributed by atoms with E-state index in [2.05, 4.69) is 41.5 Å². The van der Waals surface area contributed by atoms with Gasteiger partial charge in [0.2, 0.25) is 0 Å². The summed E-state index contributed by atoms with van der Waals surface area (Å²) in [6.45, 7) is 4.18. The van der Waals surface area contributed by atoms with Gasteiger partial charge in [-0.05, 0) is 79.3 Å². The van der Waals surface area contributed by atoms with Crippen LogP contribution in [0.1, 0.15) is 48.8 Å². The fraction of sp³-hybridized carbons (Fsp3) is 0.360. The molecule has 0 bridgehead atoms. The third kappa shape index (κ3) is 3.38. The molecule has 0 radical (unpaired) electrons. The molecule has 3 aliphatic rings. The number of hydrogen-bond acceptors (Lipinski definition) is 4. The summed E-state index contributed by atoms with van der Waals surface area (Å²) in [5.41, 5.74) is 7.38. The van der Waals surface area contributed by atoms with E-state index in [1.54, 1.807) is 30.3 Å². The lowest BCUT2D eigenvalue weighted by atomic mass is 9.57. The number of phenols is 1. The number of phenolic OH excluding ortho intramolecular Hbond substituents is 1. The van der Waals surface area contributed by atoms with Crippen LogP contribution in [-0.2, 0) is 10.0 Å². The summed E-state index contributed by atoms with van der Waals surface area (Å²) in [5, 5.41) is 9.82. The predicted octanol–water partition coefficient (Wildman–Crippen LogP) is 4.61. The summed E-state index contributed by atoms with van der Waals surface area (Å²) in [5.74, 6) is 1.56. The van der Waals surface area contributed by atoms with Crippen molar-refractivity contribution in [3.8, 4) is 5.75 Å². The fourth-order valence-electron chi connectivity index (χ4n) is 5.75. The quantitative estimate of drug-likeness (QED) is 0.612. The molecule has 0 amide bonds. The maximum absolute atomic E-state index is 12.7. The topological polar surface area (TPSA) is 78.4 Å². The molecule has 0 spiro atoms. The first-order valence-electron chi connectivity index (χ1n) is 10.8. The van der Waals surface area contributed by atoms with Crippen LogP contribution in [0.4, 0.5) is 0 Å². The summed E-state index contributed by atoms with van der Waals surface area (Å²) >= 11 is 0. The minimum absolute atomic E-state index is 0.101. The van der Waals surface area contributed by atoms with Gasteiger partial charge in [-0.1, -0.05) is 48.9 Å². The molecule has 4 atom stereocenters. The third-order valence-electron chi connectivity index (χ3n) is 7.53. The number of hydrogen-bond donors (Lipinski definition) is 3. The molecule has 6 heteroatoms. The maximum Gasteiger partial charge on any atom is 0.257 e. The summed E-state index contributed by atoms with van der Waals surface area (Å²) in [7, 11) is -3.64. The van der Waals surface area contributed by atoms with Crippen LogP contribution < -0.4 is 10.3 Å². The van der Waals surface area contributed by atoms with Crippen molar-refractivity contribution in [3.63, 3.8) is 0 Å². The van der Waals surface area contributed by atoms with Crippen LogP contribution in [0.15, 0.2) is 65.2 Å². The van der Waals surface area contributed by atoms with Crippen molar-refractivity contribution in [3.05, 3.63) is 77.0 Å². The molecule has 2 aromatic carbocycles. The molecular weight excluding hydrogens is 408 g/mol. The monoisotopic (exact) mass is 436 g/mol. The zero-order valence-corrected chi connectivity index (χ0v) is 18.6. The highest BCUT2D eigenvalue weighted by Crippen LogP contribution is 2.59. The summed E-state index contributed by atoms with van der Waals surface area (Å²) in [6, 6.07) is 12.5. The minimum atomic E-state index is -3.64. The van der Waals surface area contributed by atoms with Crippen LogP contribution in [-0.4, -0.2) is 13.5 Å². The van der Waals surface area contributed by atoms with Gasteiger partial charge < -0.3 is 10.5 Å². The molecule has 31 heavy (non-hydrogen) atoms. The van der Waals surface area contributed by atoms with Crippen LogP contribution in [0.2, 0.25) is 0 Å². The Morgan fingerprint density at radius 2 is 1.90 bits per heavy atom. The Morgan fingerprint density at radius 3 is 2.68 bits per heavy atom. The summed E-state index contributed by atoms with van der Waals surface area (Å²) in [6.07, 6.45) is 9.52. The minimum Gasteiger partial charge on any atom is -0.508 e. The number of benzene rings is 2. The van der Waals surface area contributed by atoms with Crippen molar-refractivity contribution in [1.82, 2.24) is 10.3 Å². The van der Waals surface area contributed by atoms with E-state index in [1.165, 1.54) is 5.56 Å². The molecule has 2 aromatic rings. The highest BCUT2D eigenvalue weighted by atomic mass is 32.2. The average Bonchev–Trinajstić information content (AvgIpc) is 3.08. The number of sulfonamides is 1. The van der Waals surface area contributed by atoms with Crippen molar-refractivity contribution < 1.29 is 13.5 Å². The van der Waals surface area contributed by atoms with Crippen LogP contribution in [0, 0.1) is 24.2 Å². The van der Waals surface area contributed by atoms with Crippen molar-refractivity contribution in [2.24, 2.45) is 17.3 Å². The third-order valence-corrected chi connectivity index (χ3v) is 8.80. The van der Waals surface area contributed by atoms with Gasteiger partial charge in [-0.15, -0.1) is 4.83 Å². The van der Waals surface area contributed by atoms with E-state index < -0.39 is 10.0 Å². The SMILES string of the molecule is Cc1ccc(S(=O)(=O)NNC2=CC[C@H]3[C@@H]4C=Cc5cc(O)ccc5[C@H]4CC[C@]23C)cc1. The predicted molar refractivity (Wildman–Crippen MR) is 122 cm³/mol. The van der Waals surface area contributed by atoms with Crippen molar-refractivity contribution in [1.29, 1.82) is 0 Å². The lowest BCUT2D eigenvalue weighted by Gasteiger charge is -2.48. The van der Waals surface area contributed by atoms with Crippen molar-refractivity contribution in [2.75, 3.05) is 0 Å². The van der Waals surface area contributed by atoms with E-state index in [0.29, 0.717) is 23.5 Å². The zero-order valence-electron chi connectivity index (χ0n) is 17.8. The van der Waals surface area contributed by atoms with Gasteiger partial charge in [0.25, 0.3) is 10.0 Å². The van der Waals surface area contributed by atoms with Crippen molar-refractivity contribution in [2.45, 2.75) is 43.9 Å². The second kappa shape index (κ2) is 7.24. The molecule has 0 aliphatic heterocycles. The van der Waals surface area contributed by atoms with Gasteiger partial charge in [-0.3, -0.25) is 0 Å². The molecule has 0 heterocycles. The zero-order chi connectivity index (χ0) is 21.8. The number of allylic oxidation sites excluding steroid dienone is 3. The first kappa shape index (κ1) is 20.3. The average molecular weight is 437 g/mol. The molecule has 162 valence electrons. The number of rotatable bonds is 4. The second-order valence-electron chi connectivity index (χ2n) is 9.32. The first-order chi connectivity index (χ1) is 14.8. The van der Waals surface area contributed by atoms with Crippen LogP contribution in [0.5, 0.6) is 5.75 Å². The number of fused-ring (bicyclic) bond motifs is 5. The molecule has 5 nitrogen and oxygen atoms in total. The number of aryl methyl sites for hydroxylation is 1. The maximum atomic E-state index is 12.7. The molecule has 0 aromatic heterocycles. The highest BCUT2D eigenvalue weighted by Gasteiger charge is 2.51. The molecule has 3 aliphatic carbocycles. The van der Waals surface area contributed by atoms with E-state index in [0.717, 1.165) is 36.1 Å². The highest BCUT2D eigenvalue weighted by molar-refractivity contribution is 7.89. The second-order valence-corrected chi connectivity index (χ2v) is 11.0. The Morgan fingerprint density at radius 1 is 1.13 bits per heavy atom. The molecule has 0 unspecified atom stereocenters. The van der Waals surface area contributed by atoms with E-state index in [-0.39, 0.29) is 10.3 Å². The first-order valence-corrected chi connectivity index (χ1v) is 12.3. The molecule has 3 N–H and O–H groups in total. The smallest absolute Gasteiger partial charge is 0.257 e. The van der Waals surface area contributed by atoms with E-state index in [4.69, 9.17) is 0 Å². The number of hydrazine groups is 1. The summed E-state index contributed by atoms with van der Waals surface area (Å²) in [4.78, 5) is 2.85. The van der Waals surface area contributed by atoms with Crippen molar-refractivity contribution >= 4 is 16.1 Å². The molecule has 1 saturated carbocycles. The molecular formula is C25H28N2O3S. The van der Waals surface area contributed by atoms with Crippen LogP contribution in [0.3, 0.4) is 0 Å². The van der Waals surface area contributed by atoms with Gasteiger partial charge in [-0.2, -0.15) is 0 Å². The lowest BCUT2D eigenvalue weighted by Crippen LogP contribution is -2.46. The lowest BCUT2D eigenvalue weighted by molar-refractivity contribution is 0.107. The number of aromatic hydroxyl groups is 1. The Kier molecular flexibility index (Phi) is 4.75. The van der Waals surface area contributed by atoms with E-state index >= 15 is 0 Å². The molecule has 0 saturated heterocycles. The van der Waals surface area contributed by atoms with Gasteiger partial charge in [0.1, 0.15) is 5.75 Å². The van der Waals surface area contributed by atoms with Gasteiger partial charge in [0.05, 0.1) is 4.90 Å². The van der Waals surface area contributed by atoms with Crippen LogP contribution >= 0.6 is 0 Å². The van der Waals surface area contributed by atoms with Gasteiger partial charge in [-0.25, -0.2) is 8.42 Å². The van der Waals surface area contributed by atoms with Crippen LogP contribution in [0.25, 0.3) is 6.08 Å². The number of nitrogens with one attached hydrogen (secondary N) is 2. The van der Waals surface area contributed by atoms with Gasteiger partial charge in [0.15, 0.2) is 0 Å².